The average Bonchev–Trinajstić information content (AvgIpc) is 3.15. The lowest BCUT2D eigenvalue weighted by Gasteiger charge is -2.01. The Balaban J connectivity index is 1.74. The van der Waals surface area contributed by atoms with Crippen LogP contribution in [0.5, 0.6) is 0 Å². The molecule has 0 unspecified atom stereocenters. The number of halogens is 1. The summed E-state index contributed by atoms with van der Waals surface area (Å²) in [6, 6.07) is 15.0. The van der Waals surface area contributed by atoms with Gasteiger partial charge in [0, 0.05) is 27.5 Å². The molecule has 138 valence electrons. The van der Waals surface area contributed by atoms with Gasteiger partial charge in [0.15, 0.2) is 5.13 Å². The molecule has 28 heavy (non-hydrogen) atoms. The van der Waals surface area contributed by atoms with Gasteiger partial charge in [0.2, 0.25) is 0 Å². The first-order valence-corrected chi connectivity index (χ1v) is 9.52. The van der Waals surface area contributed by atoms with Crippen LogP contribution in [0.3, 0.4) is 0 Å². The Bertz CT molecular complexity index is 1100. The Morgan fingerprint density at radius 1 is 1.21 bits per heavy atom. The number of carbonyl (C=O) groups excluding carboxylic acids is 1. The van der Waals surface area contributed by atoms with Crippen LogP contribution in [0.4, 0.5) is 10.8 Å². The summed E-state index contributed by atoms with van der Waals surface area (Å²) in [7, 11) is 0. The smallest absolute Gasteiger partial charge is 0.269 e. The fourth-order valence-corrected chi connectivity index (χ4v) is 3.24. The maximum Gasteiger partial charge on any atom is 0.269 e. The van der Waals surface area contributed by atoms with Crippen LogP contribution in [0.15, 0.2) is 64.0 Å². The normalized spacial score (nSPS) is 10.9. The summed E-state index contributed by atoms with van der Waals surface area (Å²) in [5.74, 6) is -0.599. The number of thiazole rings is 1. The molecule has 0 saturated carbocycles. The van der Waals surface area contributed by atoms with E-state index in [9.17, 15) is 20.2 Å². The molecule has 1 N–H and O–H groups in total. The second-order valence-corrected chi connectivity index (χ2v) is 7.29. The van der Waals surface area contributed by atoms with E-state index >= 15 is 0 Å². The summed E-state index contributed by atoms with van der Waals surface area (Å²) >= 11 is 4.62. The number of rotatable bonds is 5. The minimum atomic E-state index is -0.599. The first kappa shape index (κ1) is 19.4. The van der Waals surface area contributed by atoms with Crippen LogP contribution in [0.1, 0.15) is 5.56 Å². The van der Waals surface area contributed by atoms with Crippen LogP contribution in [-0.4, -0.2) is 15.8 Å². The molecule has 0 bridgehead atoms. The molecule has 3 rings (SSSR count). The van der Waals surface area contributed by atoms with Crippen molar-refractivity contribution in [3.63, 3.8) is 0 Å². The average molecular weight is 455 g/mol. The van der Waals surface area contributed by atoms with Crippen LogP contribution in [0, 0.1) is 21.4 Å². The molecule has 0 spiro atoms. The molecule has 0 fully saturated rings. The van der Waals surface area contributed by atoms with Crippen molar-refractivity contribution >= 4 is 50.1 Å². The second-order valence-electron chi connectivity index (χ2n) is 5.52. The number of carbonyl (C=O) groups is 1. The number of hydrogen-bond acceptors (Lipinski definition) is 6. The van der Waals surface area contributed by atoms with E-state index in [0.29, 0.717) is 16.4 Å². The molecule has 0 saturated heterocycles. The van der Waals surface area contributed by atoms with Gasteiger partial charge in [-0.3, -0.25) is 20.2 Å². The quantitative estimate of drug-likeness (QED) is 0.251. The van der Waals surface area contributed by atoms with Crippen LogP contribution < -0.4 is 5.32 Å². The van der Waals surface area contributed by atoms with Gasteiger partial charge in [0.25, 0.3) is 11.6 Å². The molecule has 3 aromatic rings. The number of nitro benzene ring substituents is 1. The maximum absolute atomic E-state index is 12.4. The van der Waals surface area contributed by atoms with E-state index in [4.69, 9.17) is 0 Å². The summed E-state index contributed by atoms with van der Waals surface area (Å²) in [4.78, 5) is 26.9. The van der Waals surface area contributed by atoms with Gasteiger partial charge in [0.1, 0.15) is 11.6 Å². The summed E-state index contributed by atoms with van der Waals surface area (Å²) in [6.07, 6.45) is 1.36. The molecule has 7 nitrogen and oxygen atoms in total. The number of nitriles is 1. The number of benzene rings is 2. The van der Waals surface area contributed by atoms with E-state index < -0.39 is 10.8 Å². The van der Waals surface area contributed by atoms with Crippen LogP contribution in [0.2, 0.25) is 0 Å². The zero-order valence-electron chi connectivity index (χ0n) is 14.1. The highest BCUT2D eigenvalue weighted by atomic mass is 79.9. The molecule has 9 heteroatoms. The third-order valence-corrected chi connectivity index (χ3v) is 4.93. The van der Waals surface area contributed by atoms with E-state index in [2.05, 4.69) is 26.2 Å². The van der Waals surface area contributed by atoms with Crippen molar-refractivity contribution in [2.24, 2.45) is 0 Å². The van der Waals surface area contributed by atoms with Crippen LogP contribution in [0.25, 0.3) is 17.3 Å². The molecule has 0 atom stereocenters. The topological polar surface area (TPSA) is 109 Å². The largest absolute Gasteiger partial charge is 0.297 e. The fourth-order valence-electron chi connectivity index (χ4n) is 2.26. The Morgan fingerprint density at radius 3 is 2.50 bits per heavy atom. The minimum absolute atomic E-state index is 0.0663. The third kappa shape index (κ3) is 4.68. The first-order chi connectivity index (χ1) is 13.5. The predicted octanol–water partition coefficient (Wildman–Crippen LogP) is 5.03. The number of amides is 1. The van der Waals surface area contributed by atoms with E-state index in [-0.39, 0.29) is 11.3 Å². The molecule has 0 aliphatic heterocycles. The van der Waals surface area contributed by atoms with E-state index in [1.165, 1.54) is 41.7 Å². The second kappa shape index (κ2) is 8.56. The lowest BCUT2D eigenvalue weighted by molar-refractivity contribution is -0.384. The van der Waals surface area contributed by atoms with Gasteiger partial charge in [0.05, 0.1) is 10.6 Å². The number of nitrogens with one attached hydrogen (secondary N) is 1. The van der Waals surface area contributed by atoms with Gasteiger partial charge in [-0.25, -0.2) is 4.98 Å². The highest BCUT2D eigenvalue weighted by Crippen LogP contribution is 2.26. The van der Waals surface area contributed by atoms with E-state index in [0.717, 1.165) is 10.0 Å². The predicted molar refractivity (Wildman–Crippen MR) is 111 cm³/mol. The van der Waals surface area contributed by atoms with Crippen molar-refractivity contribution in [1.82, 2.24) is 4.98 Å². The van der Waals surface area contributed by atoms with Gasteiger partial charge in [-0.1, -0.05) is 28.1 Å². The molecule has 1 heterocycles. The minimum Gasteiger partial charge on any atom is -0.297 e. The molecule has 0 aliphatic rings. The standard InChI is InChI=1S/C19H11BrN4O3S/c20-15-5-3-13(4-6-15)17-11-28-19(22-17)23-18(25)14(10-21)9-12-1-7-16(8-2-12)24(26)27/h1-9,11H,(H,22,23,25)/b14-9+. The fraction of sp³-hybridized carbons (Fsp3) is 0. The molecular formula is C19H11BrN4O3S. The van der Waals surface area contributed by atoms with Crippen molar-refractivity contribution in [1.29, 1.82) is 5.26 Å². The van der Waals surface area contributed by atoms with Gasteiger partial charge in [-0.15, -0.1) is 11.3 Å². The lowest BCUT2D eigenvalue weighted by Crippen LogP contribution is -2.13. The third-order valence-electron chi connectivity index (χ3n) is 3.64. The van der Waals surface area contributed by atoms with Crippen molar-refractivity contribution in [2.75, 3.05) is 5.32 Å². The van der Waals surface area contributed by atoms with Gasteiger partial charge >= 0.3 is 0 Å². The summed E-state index contributed by atoms with van der Waals surface area (Å²) in [5, 5.41) is 24.8. The van der Waals surface area contributed by atoms with Gasteiger partial charge < -0.3 is 0 Å². The highest BCUT2D eigenvalue weighted by Gasteiger charge is 2.13. The summed E-state index contributed by atoms with van der Waals surface area (Å²) < 4.78 is 0.954. The zero-order valence-corrected chi connectivity index (χ0v) is 16.5. The van der Waals surface area contributed by atoms with Crippen molar-refractivity contribution in [3.8, 4) is 17.3 Å². The van der Waals surface area contributed by atoms with Crippen molar-refractivity contribution < 1.29 is 9.72 Å². The van der Waals surface area contributed by atoms with Crippen molar-refractivity contribution in [3.05, 3.63) is 79.6 Å². The summed E-state index contributed by atoms with van der Waals surface area (Å²) in [6.45, 7) is 0. The Hall–Kier alpha value is -3.35. The molecule has 0 aliphatic carbocycles. The lowest BCUT2D eigenvalue weighted by atomic mass is 10.1. The molecule has 1 amide bonds. The van der Waals surface area contributed by atoms with Crippen LogP contribution in [-0.2, 0) is 4.79 Å². The highest BCUT2D eigenvalue weighted by molar-refractivity contribution is 9.10. The molecule has 2 aromatic carbocycles. The van der Waals surface area contributed by atoms with Gasteiger partial charge in [-0.05, 0) is 35.9 Å². The zero-order chi connectivity index (χ0) is 20.1. The first-order valence-electron chi connectivity index (χ1n) is 7.85. The Kier molecular flexibility index (Phi) is 5.93. The monoisotopic (exact) mass is 454 g/mol. The number of nitro groups is 1. The molecular weight excluding hydrogens is 444 g/mol. The van der Waals surface area contributed by atoms with Crippen LogP contribution >= 0.6 is 27.3 Å². The van der Waals surface area contributed by atoms with E-state index in [1.807, 2.05) is 35.7 Å². The van der Waals surface area contributed by atoms with E-state index in [1.54, 1.807) is 0 Å². The maximum atomic E-state index is 12.4. The molecule has 0 radical (unpaired) electrons. The number of non-ortho nitro benzene ring substituents is 1. The number of hydrogen-bond donors (Lipinski definition) is 1. The van der Waals surface area contributed by atoms with Crippen molar-refractivity contribution in [2.45, 2.75) is 0 Å². The Labute approximate surface area is 172 Å². The summed E-state index contributed by atoms with van der Waals surface area (Å²) in [5.41, 5.74) is 1.93. The molecule has 1 aromatic heterocycles. The van der Waals surface area contributed by atoms with Gasteiger partial charge in [-0.2, -0.15) is 5.26 Å². The SMILES string of the molecule is N#C/C(=C\c1ccc([N+](=O)[O-])cc1)C(=O)Nc1nc(-c2ccc(Br)cc2)cs1. The number of nitrogens with zero attached hydrogens (tertiary/aromatic N) is 3. The Morgan fingerprint density at radius 2 is 1.89 bits per heavy atom. The number of aromatic nitrogens is 1. The number of anilines is 1.